The first-order chi connectivity index (χ1) is 18.4. The van der Waals surface area contributed by atoms with Gasteiger partial charge in [-0.1, -0.05) is 55.5 Å². The van der Waals surface area contributed by atoms with Crippen LogP contribution in [0.2, 0.25) is 0 Å². The van der Waals surface area contributed by atoms with Gasteiger partial charge in [0.2, 0.25) is 11.8 Å². The number of phenols is 1. The summed E-state index contributed by atoms with van der Waals surface area (Å²) in [5.74, 6) is 0.0104. The lowest BCUT2D eigenvalue weighted by atomic mass is 9.98. The minimum Gasteiger partial charge on any atom is -0.507 e. The largest absolute Gasteiger partial charge is 0.507 e. The van der Waals surface area contributed by atoms with Crippen LogP contribution in [0, 0.1) is 12.8 Å². The number of alkyl carbamates (subject to hydrolysis) is 1. The van der Waals surface area contributed by atoms with Crippen LogP contribution in [0.3, 0.4) is 0 Å². The van der Waals surface area contributed by atoms with E-state index in [1.165, 1.54) is 0 Å². The number of carbonyl (C=O) groups excluding carboxylic acids is 3. The van der Waals surface area contributed by atoms with Crippen LogP contribution in [0.15, 0.2) is 48.5 Å². The monoisotopic (exact) mass is 555 g/mol. The predicted molar refractivity (Wildman–Crippen MR) is 154 cm³/mol. The quantitative estimate of drug-likeness (QED) is 0.363. The number of aryl methyl sites for hydroxylation is 1. The van der Waals surface area contributed by atoms with Crippen molar-refractivity contribution in [2.45, 2.75) is 77.7 Å². The van der Waals surface area contributed by atoms with Gasteiger partial charge in [0.15, 0.2) is 0 Å². The number of benzene rings is 2. The van der Waals surface area contributed by atoms with Crippen molar-refractivity contribution in [3.8, 4) is 5.75 Å². The molecular formula is C30H41N3O5S. The van der Waals surface area contributed by atoms with Crippen LogP contribution in [0.5, 0.6) is 5.75 Å². The molecule has 39 heavy (non-hydrogen) atoms. The van der Waals surface area contributed by atoms with E-state index in [1.54, 1.807) is 62.6 Å². The van der Waals surface area contributed by atoms with Gasteiger partial charge in [0.1, 0.15) is 23.4 Å². The Morgan fingerprint density at radius 1 is 1.13 bits per heavy atom. The topological polar surface area (TPSA) is 108 Å². The number of hydrogen-bond acceptors (Lipinski definition) is 6. The maximum Gasteiger partial charge on any atom is 0.408 e. The maximum absolute atomic E-state index is 14.3. The van der Waals surface area contributed by atoms with Gasteiger partial charge in [0.25, 0.3) is 0 Å². The van der Waals surface area contributed by atoms with E-state index in [-0.39, 0.29) is 30.2 Å². The Labute approximate surface area is 235 Å². The van der Waals surface area contributed by atoms with Gasteiger partial charge in [0.05, 0.1) is 0 Å². The van der Waals surface area contributed by atoms with E-state index < -0.39 is 29.7 Å². The third kappa shape index (κ3) is 8.39. The number of aromatic hydroxyl groups is 1. The van der Waals surface area contributed by atoms with Crippen LogP contribution >= 0.6 is 11.8 Å². The molecule has 0 bridgehead atoms. The van der Waals surface area contributed by atoms with E-state index in [2.05, 4.69) is 10.6 Å². The Hall–Kier alpha value is -3.20. The van der Waals surface area contributed by atoms with Crippen LogP contribution in [0.25, 0.3) is 0 Å². The van der Waals surface area contributed by atoms with Crippen LogP contribution in [0.4, 0.5) is 4.79 Å². The summed E-state index contributed by atoms with van der Waals surface area (Å²) in [6.07, 6.45) is 2.34. The van der Waals surface area contributed by atoms with E-state index in [9.17, 15) is 19.5 Å². The Kier molecular flexibility index (Phi) is 10.3. The van der Waals surface area contributed by atoms with Crippen molar-refractivity contribution in [1.29, 1.82) is 0 Å². The van der Waals surface area contributed by atoms with Crippen molar-refractivity contribution in [2.24, 2.45) is 5.92 Å². The number of nitrogens with zero attached hydrogens (tertiary/aromatic N) is 1. The van der Waals surface area contributed by atoms with Crippen molar-refractivity contribution >= 4 is 29.7 Å². The highest BCUT2D eigenvalue weighted by molar-refractivity contribution is 7.98. The molecule has 0 aliphatic heterocycles. The smallest absolute Gasteiger partial charge is 0.408 e. The summed E-state index contributed by atoms with van der Waals surface area (Å²) in [4.78, 5) is 42.4. The second kappa shape index (κ2) is 13.2. The van der Waals surface area contributed by atoms with Crippen molar-refractivity contribution in [3.63, 3.8) is 0 Å². The zero-order chi connectivity index (χ0) is 28.7. The number of carbonyl (C=O) groups is 3. The molecule has 8 nitrogen and oxygen atoms in total. The molecule has 0 spiro atoms. The van der Waals surface area contributed by atoms with Gasteiger partial charge in [-0.05, 0) is 69.6 Å². The molecule has 3 N–H and O–H groups in total. The average Bonchev–Trinajstić information content (AvgIpc) is 3.60. The van der Waals surface area contributed by atoms with Crippen molar-refractivity contribution in [3.05, 3.63) is 65.2 Å². The van der Waals surface area contributed by atoms with Crippen LogP contribution in [0.1, 0.15) is 63.3 Å². The molecule has 3 rings (SSSR count). The average molecular weight is 556 g/mol. The summed E-state index contributed by atoms with van der Waals surface area (Å²) in [6, 6.07) is 12.5. The van der Waals surface area contributed by atoms with E-state index in [0.717, 1.165) is 12.0 Å². The lowest BCUT2D eigenvalue weighted by Gasteiger charge is -2.35. The molecule has 9 heteroatoms. The Morgan fingerprint density at radius 3 is 2.38 bits per heavy atom. The summed E-state index contributed by atoms with van der Waals surface area (Å²) in [5.41, 5.74) is 1.15. The summed E-state index contributed by atoms with van der Waals surface area (Å²) >= 11 is 1.56. The number of nitrogens with one attached hydrogen (secondary N) is 2. The summed E-state index contributed by atoms with van der Waals surface area (Å²) in [7, 11) is 0. The third-order valence-electron chi connectivity index (χ3n) is 6.68. The van der Waals surface area contributed by atoms with Crippen LogP contribution < -0.4 is 10.6 Å². The minimum absolute atomic E-state index is 0.0239. The molecular weight excluding hydrogens is 514 g/mol. The summed E-state index contributed by atoms with van der Waals surface area (Å²) < 4.78 is 5.44. The molecule has 1 aliphatic rings. The highest BCUT2D eigenvalue weighted by Crippen LogP contribution is 2.43. The lowest BCUT2D eigenvalue weighted by Crippen LogP contribution is -2.54. The van der Waals surface area contributed by atoms with Gasteiger partial charge >= 0.3 is 6.09 Å². The van der Waals surface area contributed by atoms with E-state index >= 15 is 0 Å². The number of ether oxygens (including phenoxy) is 1. The number of amides is 3. The molecule has 3 amide bonds. The van der Waals surface area contributed by atoms with Gasteiger partial charge in [-0.3, -0.25) is 9.59 Å². The van der Waals surface area contributed by atoms with Gasteiger partial charge in [-0.15, -0.1) is 0 Å². The fourth-order valence-electron chi connectivity index (χ4n) is 4.50. The summed E-state index contributed by atoms with van der Waals surface area (Å²) in [6.45, 7) is 9.34. The van der Waals surface area contributed by atoms with Crippen LogP contribution in [-0.4, -0.2) is 57.6 Å². The minimum atomic E-state index is -1.08. The zero-order valence-electron chi connectivity index (χ0n) is 23.7. The third-order valence-corrected chi connectivity index (χ3v) is 7.32. The first-order valence-corrected chi connectivity index (χ1v) is 14.7. The molecule has 212 valence electrons. The first kappa shape index (κ1) is 30.3. The number of hydrogen-bond donors (Lipinski definition) is 3. The number of rotatable bonds is 11. The van der Waals surface area contributed by atoms with Crippen molar-refractivity contribution < 1.29 is 24.2 Å². The standard InChI is InChI=1S/C30H41N3O5S/c1-19-11-10-14-22(26(19)34)25(27(35)31-18-21-12-8-7-9-13-21)33(24-17-20(24)2)28(36)23(15-16-39-6)32-29(37)38-30(3,4)5/h7-14,20,23-25,34H,15-18H2,1-6H3,(H,31,35)(H,32,37). The first-order valence-electron chi connectivity index (χ1n) is 13.3. The number of phenolic OH excluding ortho intramolecular Hbond substituents is 1. The predicted octanol–water partition coefficient (Wildman–Crippen LogP) is 4.94. The van der Waals surface area contributed by atoms with Crippen molar-refractivity contribution in [2.75, 3.05) is 12.0 Å². The molecule has 0 radical (unpaired) electrons. The molecule has 1 saturated carbocycles. The Bertz CT molecular complexity index is 1150. The lowest BCUT2D eigenvalue weighted by molar-refractivity contribution is -0.143. The number of para-hydroxylation sites is 1. The van der Waals surface area contributed by atoms with Gasteiger partial charge < -0.3 is 25.4 Å². The van der Waals surface area contributed by atoms with E-state index in [4.69, 9.17) is 4.74 Å². The van der Waals surface area contributed by atoms with E-state index in [0.29, 0.717) is 23.3 Å². The SMILES string of the molecule is CSCCC(NC(=O)OC(C)(C)C)C(=O)N(C(C(=O)NCc1ccccc1)c1cccc(C)c1O)C1CC1C. The molecule has 1 fully saturated rings. The fraction of sp³-hybridized carbons (Fsp3) is 0.500. The highest BCUT2D eigenvalue weighted by Gasteiger charge is 2.48. The molecule has 4 unspecified atom stereocenters. The number of thioether (sulfide) groups is 1. The van der Waals surface area contributed by atoms with Gasteiger partial charge in [0, 0.05) is 18.2 Å². The molecule has 1 aliphatic carbocycles. The second-order valence-electron chi connectivity index (χ2n) is 11.1. The molecule has 0 aromatic heterocycles. The Balaban J connectivity index is 2.00. The highest BCUT2D eigenvalue weighted by atomic mass is 32.2. The second-order valence-corrected chi connectivity index (χ2v) is 12.1. The molecule has 2 aromatic rings. The van der Waals surface area contributed by atoms with Gasteiger partial charge in [-0.25, -0.2) is 4.79 Å². The Morgan fingerprint density at radius 2 is 1.79 bits per heavy atom. The zero-order valence-corrected chi connectivity index (χ0v) is 24.5. The van der Waals surface area contributed by atoms with E-state index in [1.807, 2.05) is 43.5 Å². The fourth-order valence-corrected chi connectivity index (χ4v) is 4.97. The maximum atomic E-state index is 14.3. The van der Waals surface area contributed by atoms with Gasteiger partial charge in [-0.2, -0.15) is 11.8 Å². The summed E-state index contributed by atoms with van der Waals surface area (Å²) in [5, 5.41) is 16.8. The van der Waals surface area contributed by atoms with Crippen molar-refractivity contribution in [1.82, 2.24) is 15.5 Å². The molecule has 0 heterocycles. The molecule has 4 atom stereocenters. The molecule has 0 saturated heterocycles. The molecule has 2 aromatic carbocycles. The normalized spacial score (nSPS) is 18.0. The van der Waals surface area contributed by atoms with Crippen LogP contribution in [-0.2, 0) is 20.9 Å².